The number of nitrogens with zero attached hydrogens (tertiary/aromatic N) is 1. The fourth-order valence-corrected chi connectivity index (χ4v) is 7.69. The summed E-state index contributed by atoms with van der Waals surface area (Å²) in [6.07, 6.45) is -2.07. The average Bonchev–Trinajstić information content (AvgIpc) is 3.37. The van der Waals surface area contributed by atoms with Crippen LogP contribution in [0.2, 0.25) is 18.1 Å². The summed E-state index contributed by atoms with van der Waals surface area (Å²) in [6.45, 7) is 10.7. The van der Waals surface area contributed by atoms with E-state index in [9.17, 15) is 14.5 Å². The number of ether oxygens (including phenoxy) is 2. The molecule has 256 valence electrons. The average molecular weight is 693 g/mol. The maximum atomic E-state index is 13.1. The molecule has 11 nitrogen and oxygen atoms in total. The summed E-state index contributed by atoms with van der Waals surface area (Å²) in [5.41, 5.74) is 6.75. The Kier molecular flexibility index (Phi) is 10.9. The smallest absolute Gasteiger partial charge is 0.330 e. The SMILES string of the molecule is COc1ccc(C(NC[C@H]2O[C@@H](n3ccc(=O)[nH]c3=O)[C@H](O[Si](C)(C)C(C)(C)C)[C@@H]2OP(N)O)(c2ccccc2)c2ccccc2)cc1. The minimum Gasteiger partial charge on any atom is -0.497 e. The number of nitrogens with two attached hydrogens (primary N) is 1. The van der Waals surface area contributed by atoms with E-state index in [2.05, 4.69) is 68.4 Å². The zero-order chi connectivity index (χ0) is 34.7. The second kappa shape index (κ2) is 14.6. The van der Waals surface area contributed by atoms with Crippen LogP contribution in [0.25, 0.3) is 0 Å². The molecule has 13 heteroatoms. The van der Waals surface area contributed by atoms with Crippen LogP contribution >= 0.6 is 8.53 Å². The number of methoxy groups -OCH3 is 1. The number of aromatic amines is 1. The van der Waals surface area contributed by atoms with Crippen molar-refractivity contribution in [2.24, 2.45) is 5.50 Å². The fraction of sp³-hybridized carbons (Fsp3) is 0.371. The highest BCUT2D eigenvalue weighted by molar-refractivity contribution is 7.43. The molecule has 1 fully saturated rings. The third-order valence-corrected chi connectivity index (χ3v) is 14.3. The van der Waals surface area contributed by atoms with Gasteiger partial charge in [0.2, 0.25) is 0 Å². The van der Waals surface area contributed by atoms with Crippen LogP contribution in [0.15, 0.2) is 107 Å². The van der Waals surface area contributed by atoms with Gasteiger partial charge in [0.25, 0.3) is 14.1 Å². The second-order valence-electron chi connectivity index (χ2n) is 13.4. The standard InChI is InChI=1S/C35H45N4O7PSi/c1-34(2,3)48(5,6)46-31-30(45-47(36)42)28(44-32(31)39-22-21-29(40)38-33(39)41)23-37-35(24-13-9-7-10-14-24,25-15-11-8-12-16-25)26-17-19-27(43-4)20-18-26/h7-22,28,30-32,37,42H,23,36H2,1-6H3,(H,38,40,41)/t28-,30-,31-,32-,47?/m1/s1. The van der Waals surface area contributed by atoms with Gasteiger partial charge in [0.15, 0.2) is 14.5 Å². The Morgan fingerprint density at radius 1 is 0.917 bits per heavy atom. The predicted octanol–water partition coefficient (Wildman–Crippen LogP) is 4.98. The van der Waals surface area contributed by atoms with Gasteiger partial charge in [-0.3, -0.25) is 25.2 Å². The Morgan fingerprint density at radius 2 is 1.48 bits per heavy atom. The van der Waals surface area contributed by atoms with Gasteiger partial charge in [-0.15, -0.1) is 0 Å². The third-order valence-electron chi connectivity index (χ3n) is 9.38. The van der Waals surface area contributed by atoms with E-state index >= 15 is 0 Å². The predicted molar refractivity (Wildman–Crippen MR) is 189 cm³/mol. The van der Waals surface area contributed by atoms with Crippen molar-refractivity contribution in [2.45, 2.75) is 69.0 Å². The summed E-state index contributed by atoms with van der Waals surface area (Å²) in [4.78, 5) is 37.9. The van der Waals surface area contributed by atoms with Gasteiger partial charge in [0, 0.05) is 18.8 Å². The lowest BCUT2D eigenvalue weighted by molar-refractivity contribution is -0.0368. The zero-order valence-electron chi connectivity index (χ0n) is 28.1. The molecule has 1 saturated heterocycles. The van der Waals surface area contributed by atoms with Crippen LogP contribution in [0.1, 0.15) is 43.7 Å². The number of benzene rings is 3. The summed E-state index contributed by atoms with van der Waals surface area (Å²) in [6, 6.07) is 29.3. The molecule has 48 heavy (non-hydrogen) atoms. The van der Waals surface area contributed by atoms with Gasteiger partial charge in [0.1, 0.15) is 24.1 Å². The molecule has 5 N–H and O–H groups in total. The molecule has 0 amide bonds. The van der Waals surface area contributed by atoms with Gasteiger partial charge in [-0.05, 0) is 47.0 Å². The first-order valence-electron chi connectivity index (χ1n) is 15.8. The van der Waals surface area contributed by atoms with Crippen molar-refractivity contribution in [2.75, 3.05) is 13.7 Å². The van der Waals surface area contributed by atoms with E-state index in [0.717, 1.165) is 22.4 Å². The summed E-state index contributed by atoms with van der Waals surface area (Å²) in [5, 5.41) is 3.62. The fourth-order valence-electron chi connectivity index (χ4n) is 5.90. The highest BCUT2D eigenvalue weighted by Gasteiger charge is 2.53. The number of nitrogens with one attached hydrogen (secondary N) is 2. The van der Waals surface area contributed by atoms with Crippen LogP contribution < -0.4 is 26.8 Å². The number of rotatable bonds is 12. The lowest BCUT2D eigenvalue weighted by Gasteiger charge is -2.41. The summed E-state index contributed by atoms with van der Waals surface area (Å²) < 4.78 is 26.4. The second-order valence-corrected chi connectivity index (χ2v) is 19.0. The lowest BCUT2D eigenvalue weighted by atomic mass is 9.76. The van der Waals surface area contributed by atoms with Crippen molar-refractivity contribution in [3.8, 4) is 5.75 Å². The Bertz CT molecular complexity index is 1720. The largest absolute Gasteiger partial charge is 0.497 e. The highest BCUT2D eigenvalue weighted by atomic mass is 31.2. The maximum absolute atomic E-state index is 13.1. The van der Waals surface area contributed by atoms with Gasteiger partial charge in [-0.2, -0.15) is 0 Å². The molecule has 1 aliphatic heterocycles. The number of hydrogen-bond acceptors (Lipinski definition) is 9. The minimum absolute atomic E-state index is 0.190. The number of hydrogen-bond donors (Lipinski definition) is 4. The van der Waals surface area contributed by atoms with Crippen molar-refractivity contribution in [1.29, 1.82) is 0 Å². The Balaban J connectivity index is 1.63. The van der Waals surface area contributed by atoms with Gasteiger partial charge in [0.05, 0.1) is 12.6 Å². The Morgan fingerprint density at radius 3 is 1.98 bits per heavy atom. The van der Waals surface area contributed by atoms with Crippen LogP contribution in [0.4, 0.5) is 0 Å². The third kappa shape index (κ3) is 7.41. The molecule has 0 bridgehead atoms. The van der Waals surface area contributed by atoms with Crippen LogP contribution in [-0.2, 0) is 19.2 Å². The molecule has 1 aromatic heterocycles. The summed E-state index contributed by atoms with van der Waals surface area (Å²) in [5.74, 6) is 0.723. The van der Waals surface area contributed by atoms with E-state index < -0.39 is 58.2 Å². The minimum atomic E-state index is -2.52. The van der Waals surface area contributed by atoms with E-state index in [-0.39, 0.29) is 11.6 Å². The molecule has 0 spiro atoms. The molecule has 5 atom stereocenters. The highest BCUT2D eigenvalue weighted by Crippen LogP contribution is 2.45. The molecule has 1 aliphatic rings. The van der Waals surface area contributed by atoms with E-state index in [0.29, 0.717) is 0 Å². The van der Waals surface area contributed by atoms with Gasteiger partial charge in [-0.25, -0.2) is 4.79 Å². The van der Waals surface area contributed by atoms with E-state index in [4.69, 9.17) is 23.9 Å². The first-order valence-corrected chi connectivity index (χ1v) is 20.0. The quantitative estimate of drug-likeness (QED) is 0.0917. The lowest BCUT2D eigenvalue weighted by Crippen LogP contribution is -2.52. The monoisotopic (exact) mass is 692 g/mol. The Hall–Kier alpha value is -3.45. The molecule has 0 radical (unpaired) electrons. The molecule has 5 rings (SSSR count). The van der Waals surface area contributed by atoms with Gasteiger partial charge < -0.3 is 23.3 Å². The topological polar surface area (TPSA) is 150 Å². The first-order chi connectivity index (χ1) is 22.8. The Labute approximate surface area is 283 Å². The molecular weight excluding hydrogens is 647 g/mol. The summed E-state index contributed by atoms with van der Waals surface area (Å²) in [7, 11) is -3.23. The first kappa shape index (κ1) is 35.8. The van der Waals surface area contributed by atoms with Crippen LogP contribution in [0.3, 0.4) is 0 Å². The number of H-pyrrole nitrogens is 1. The van der Waals surface area contributed by atoms with Gasteiger partial charge in [-0.1, -0.05) is 93.6 Å². The van der Waals surface area contributed by atoms with Crippen molar-refractivity contribution in [3.63, 3.8) is 0 Å². The van der Waals surface area contributed by atoms with Crippen LogP contribution in [0.5, 0.6) is 5.75 Å². The van der Waals surface area contributed by atoms with E-state index in [1.54, 1.807) is 7.11 Å². The molecule has 0 aliphatic carbocycles. The molecule has 3 aromatic carbocycles. The van der Waals surface area contributed by atoms with Crippen LogP contribution in [0, 0.1) is 0 Å². The van der Waals surface area contributed by atoms with E-state index in [1.165, 1.54) is 16.8 Å². The molecular formula is C35H45N4O7PSi. The maximum Gasteiger partial charge on any atom is 0.330 e. The van der Waals surface area contributed by atoms with E-state index in [1.807, 2.05) is 60.7 Å². The van der Waals surface area contributed by atoms with Gasteiger partial charge >= 0.3 is 5.69 Å². The zero-order valence-corrected chi connectivity index (χ0v) is 30.0. The molecule has 1 unspecified atom stereocenters. The summed E-state index contributed by atoms with van der Waals surface area (Å²) >= 11 is 0. The molecule has 4 aromatic rings. The number of aromatic nitrogens is 2. The van der Waals surface area contributed by atoms with Crippen LogP contribution in [-0.4, -0.2) is 54.7 Å². The normalized spacial score (nSPS) is 20.8. The van der Waals surface area contributed by atoms with Crippen molar-refractivity contribution < 1.29 is 23.3 Å². The molecule has 0 saturated carbocycles. The molecule has 2 heterocycles. The van der Waals surface area contributed by atoms with Crippen molar-refractivity contribution in [1.82, 2.24) is 14.9 Å². The van der Waals surface area contributed by atoms with Crippen molar-refractivity contribution >= 4 is 16.8 Å². The van der Waals surface area contributed by atoms with Crippen molar-refractivity contribution in [3.05, 3.63) is 135 Å².